The van der Waals surface area contributed by atoms with Crippen molar-refractivity contribution in [1.82, 2.24) is 9.78 Å². The van der Waals surface area contributed by atoms with E-state index in [0.717, 1.165) is 16.3 Å². The van der Waals surface area contributed by atoms with Gasteiger partial charge in [-0.1, -0.05) is 18.2 Å². The van der Waals surface area contributed by atoms with Gasteiger partial charge in [0.1, 0.15) is 5.76 Å². The third-order valence-corrected chi connectivity index (χ3v) is 4.47. The minimum atomic E-state index is -1.13. The molecule has 0 aliphatic carbocycles. The highest BCUT2D eigenvalue weighted by atomic mass is 32.2. The van der Waals surface area contributed by atoms with Crippen LogP contribution in [0.4, 0.5) is 0 Å². The first-order valence-corrected chi connectivity index (χ1v) is 7.58. The Hall–Kier alpha value is -2.14. The monoisotopic (exact) mass is 286 g/mol. The molecule has 20 heavy (non-hydrogen) atoms. The number of aromatic nitrogens is 2. The predicted octanol–water partition coefficient (Wildman–Crippen LogP) is 3.08. The van der Waals surface area contributed by atoms with E-state index in [2.05, 4.69) is 5.10 Å². The maximum absolute atomic E-state index is 12.2. The van der Waals surface area contributed by atoms with Crippen molar-refractivity contribution in [2.45, 2.75) is 17.6 Å². The van der Waals surface area contributed by atoms with Crippen molar-refractivity contribution in [3.63, 3.8) is 0 Å². The first-order chi connectivity index (χ1) is 9.74. The molecule has 0 radical (unpaired) electrons. The fraction of sp³-hybridized carbons (Fsp3) is 0.133. The van der Waals surface area contributed by atoms with Crippen molar-refractivity contribution in [2.24, 2.45) is 0 Å². The lowest BCUT2D eigenvalue weighted by molar-refractivity contribution is 0.525. The van der Waals surface area contributed by atoms with Gasteiger partial charge in [-0.05, 0) is 31.2 Å². The Morgan fingerprint density at radius 1 is 1.20 bits per heavy atom. The fourth-order valence-corrected chi connectivity index (χ4v) is 3.14. The zero-order valence-electron chi connectivity index (χ0n) is 11.0. The summed E-state index contributed by atoms with van der Waals surface area (Å²) in [4.78, 5) is 0.735. The summed E-state index contributed by atoms with van der Waals surface area (Å²) in [5.74, 6) is 1.09. The standard InChI is InChI=1S/C15H14N2O2S/c1-12-15(8-10-19-12)20(18)11-13-7-9-17(16-13)14-5-3-2-4-6-14/h2-10H,11H2,1H3/t20-/m1/s1. The molecule has 0 aliphatic rings. The third-order valence-electron chi connectivity index (χ3n) is 3.00. The van der Waals surface area contributed by atoms with E-state index < -0.39 is 10.8 Å². The zero-order valence-corrected chi connectivity index (χ0v) is 11.8. The molecule has 102 valence electrons. The summed E-state index contributed by atoms with van der Waals surface area (Å²) in [7, 11) is -1.13. The van der Waals surface area contributed by atoms with Gasteiger partial charge in [0, 0.05) is 6.20 Å². The molecule has 4 nitrogen and oxygen atoms in total. The second-order valence-electron chi connectivity index (χ2n) is 4.42. The summed E-state index contributed by atoms with van der Waals surface area (Å²) < 4.78 is 19.2. The number of nitrogens with zero attached hydrogens (tertiary/aromatic N) is 2. The van der Waals surface area contributed by atoms with E-state index in [9.17, 15) is 4.21 Å². The number of aryl methyl sites for hydroxylation is 1. The number of benzene rings is 1. The van der Waals surface area contributed by atoms with Gasteiger partial charge in [0.05, 0.1) is 39.1 Å². The molecule has 3 aromatic rings. The van der Waals surface area contributed by atoms with Gasteiger partial charge >= 0.3 is 0 Å². The lowest BCUT2D eigenvalue weighted by atomic mass is 10.3. The Morgan fingerprint density at radius 2 is 2.00 bits per heavy atom. The Bertz CT molecular complexity index is 731. The highest BCUT2D eigenvalue weighted by Gasteiger charge is 2.12. The summed E-state index contributed by atoms with van der Waals surface area (Å²) in [6.45, 7) is 1.82. The molecule has 0 saturated heterocycles. The SMILES string of the molecule is Cc1occc1[S@](=O)Cc1ccn(-c2ccccc2)n1. The van der Waals surface area contributed by atoms with E-state index in [1.165, 1.54) is 0 Å². The van der Waals surface area contributed by atoms with Gasteiger partial charge in [-0.2, -0.15) is 5.10 Å². The zero-order chi connectivity index (χ0) is 13.9. The van der Waals surface area contributed by atoms with E-state index >= 15 is 0 Å². The Labute approximate surface area is 119 Å². The van der Waals surface area contributed by atoms with E-state index in [-0.39, 0.29) is 0 Å². The lowest BCUT2D eigenvalue weighted by Gasteiger charge is -2.00. The summed E-state index contributed by atoms with van der Waals surface area (Å²) in [5.41, 5.74) is 1.79. The molecule has 0 fully saturated rings. The molecule has 1 aromatic carbocycles. The highest BCUT2D eigenvalue weighted by molar-refractivity contribution is 7.84. The summed E-state index contributed by atoms with van der Waals surface area (Å²) in [6, 6.07) is 13.5. The van der Waals surface area contributed by atoms with Crippen molar-refractivity contribution in [2.75, 3.05) is 0 Å². The molecule has 0 N–H and O–H groups in total. The molecule has 1 atom stereocenters. The van der Waals surface area contributed by atoms with Crippen LogP contribution in [-0.2, 0) is 16.6 Å². The average molecular weight is 286 g/mol. The topological polar surface area (TPSA) is 48.0 Å². The highest BCUT2D eigenvalue weighted by Crippen LogP contribution is 2.17. The molecule has 0 spiro atoms. The molecule has 0 unspecified atom stereocenters. The minimum absolute atomic E-state index is 0.389. The lowest BCUT2D eigenvalue weighted by Crippen LogP contribution is -2.00. The van der Waals surface area contributed by atoms with Gasteiger partial charge in [-0.15, -0.1) is 0 Å². The number of hydrogen-bond acceptors (Lipinski definition) is 3. The van der Waals surface area contributed by atoms with Gasteiger partial charge < -0.3 is 4.42 Å². The number of furan rings is 1. The minimum Gasteiger partial charge on any atom is -0.468 e. The third kappa shape index (κ3) is 2.58. The van der Waals surface area contributed by atoms with E-state index in [1.54, 1.807) is 17.0 Å². The van der Waals surface area contributed by atoms with Crippen LogP contribution >= 0.6 is 0 Å². The second kappa shape index (κ2) is 5.46. The van der Waals surface area contributed by atoms with Crippen LogP contribution in [0, 0.1) is 6.92 Å². The molecule has 0 bridgehead atoms. The summed E-state index contributed by atoms with van der Waals surface area (Å²) in [6.07, 6.45) is 3.44. The van der Waals surface area contributed by atoms with Crippen molar-refractivity contribution in [1.29, 1.82) is 0 Å². The van der Waals surface area contributed by atoms with Gasteiger partial charge in [-0.25, -0.2) is 4.68 Å². The Morgan fingerprint density at radius 3 is 2.70 bits per heavy atom. The predicted molar refractivity (Wildman–Crippen MR) is 77.1 cm³/mol. The summed E-state index contributed by atoms with van der Waals surface area (Å²) >= 11 is 0. The second-order valence-corrected chi connectivity index (χ2v) is 5.84. The number of para-hydroxylation sites is 1. The normalized spacial score (nSPS) is 12.4. The number of rotatable bonds is 4. The summed E-state index contributed by atoms with van der Waals surface area (Å²) in [5, 5.41) is 4.45. The molecular formula is C15H14N2O2S. The van der Waals surface area contributed by atoms with Crippen LogP contribution in [0.5, 0.6) is 0 Å². The molecule has 2 heterocycles. The molecule has 5 heteroatoms. The maximum atomic E-state index is 12.2. The van der Waals surface area contributed by atoms with Crippen molar-refractivity contribution in [3.8, 4) is 5.69 Å². The van der Waals surface area contributed by atoms with Crippen LogP contribution in [0.15, 0.2) is 64.2 Å². The van der Waals surface area contributed by atoms with E-state index in [4.69, 9.17) is 4.42 Å². The maximum Gasteiger partial charge on any atom is 0.116 e. The molecule has 0 saturated carbocycles. The molecule has 3 rings (SSSR count). The largest absolute Gasteiger partial charge is 0.468 e. The molecule has 0 amide bonds. The first-order valence-electron chi connectivity index (χ1n) is 6.26. The van der Waals surface area contributed by atoms with Crippen LogP contribution in [0.25, 0.3) is 5.69 Å². The molecule has 2 aromatic heterocycles. The van der Waals surface area contributed by atoms with Gasteiger partial charge in [0.15, 0.2) is 0 Å². The molecular weight excluding hydrogens is 272 g/mol. The van der Waals surface area contributed by atoms with E-state index in [0.29, 0.717) is 11.5 Å². The van der Waals surface area contributed by atoms with Crippen molar-refractivity contribution in [3.05, 3.63) is 66.4 Å². The van der Waals surface area contributed by atoms with E-state index in [1.807, 2.05) is 49.5 Å². The Balaban J connectivity index is 1.78. The van der Waals surface area contributed by atoms with Gasteiger partial charge in [-0.3, -0.25) is 4.21 Å². The van der Waals surface area contributed by atoms with Crippen LogP contribution in [0.2, 0.25) is 0 Å². The average Bonchev–Trinajstić information content (AvgIpc) is 3.09. The first kappa shape index (κ1) is 12.9. The van der Waals surface area contributed by atoms with Crippen LogP contribution in [0.1, 0.15) is 11.5 Å². The quantitative estimate of drug-likeness (QED) is 0.740. The van der Waals surface area contributed by atoms with Crippen LogP contribution in [-0.4, -0.2) is 14.0 Å². The smallest absolute Gasteiger partial charge is 0.116 e. The van der Waals surface area contributed by atoms with Gasteiger partial charge in [0.2, 0.25) is 0 Å². The van der Waals surface area contributed by atoms with Crippen molar-refractivity contribution < 1.29 is 8.63 Å². The van der Waals surface area contributed by atoms with Crippen molar-refractivity contribution >= 4 is 10.8 Å². The Kier molecular flexibility index (Phi) is 3.52. The molecule has 0 aliphatic heterocycles. The fourth-order valence-electron chi connectivity index (χ4n) is 1.98. The van der Waals surface area contributed by atoms with Crippen LogP contribution < -0.4 is 0 Å². The van der Waals surface area contributed by atoms with Gasteiger partial charge in [0.25, 0.3) is 0 Å². The number of hydrogen-bond donors (Lipinski definition) is 0. The van der Waals surface area contributed by atoms with Crippen LogP contribution in [0.3, 0.4) is 0 Å².